The molecule has 1 fully saturated rings. The molecule has 0 bridgehead atoms. The van der Waals surface area contributed by atoms with Gasteiger partial charge < -0.3 is 4.90 Å². The lowest BCUT2D eigenvalue weighted by Gasteiger charge is -2.22. The van der Waals surface area contributed by atoms with Gasteiger partial charge in [0.05, 0.1) is 0 Å². The van der Waals surface area contributed by atoms with Crippen LogP contribution < -0.4 is 4.90 Å². The van der Waals surface area contributed by atoms with Crippen molar-refractivity contribution in [2.45, 2.75) is 39.5 Å². The molecule has 1 saturated heterocycles. The summed E-state index contributed by atoms with van der Waals surface area (Å²) in [5, 5.41) is 0. The van der Waals surface area contributed by atoms with Crippen LogP contribution in [0.2, 0.25) is 0 Å². The van der Waals surface area contributed by atoms with E-state index in [1.165, 1.54) is 19.3 Å². The standard InChI is InChI=1S/C13H20BrN3/c1-3-12-15-11(14)9-13(16-12)17-7-4-5-10(2)6-8-17/h9-10H,3-8H2,1-2H3. The summed E-state index contributed by atoms with van der Waals surface area (Å²) in [6, 6.07) is 2.04. The second kappa shape index (κ2) is 5.80. The van der Waals surface area contributed by atoms with Crippen LogP contribution in [0.1, 0.15) is 38.9 Å². The Balaban J connectivity index is 2.17. The number of anilines is 1. The van der Waals surface area contributed by atoms with Gasteiger partial charge in [-0.15, -0.1) is 0 Å². The molecule has 1 atom stereocenters. The summed E-state index contributed by atoms with van der Waals surface area (Å²) in [4.78, 5) is 11.4. The molecule has 0 N–H and O–H groups in total. The van der Waals surface area contributed by atoms with Crippen LogP contribution in [-0.2, 0) is 6.42 Å². The maximum atomic E-state index is 4.63. The van der Waals surface area contributed by atoms with Crippen LogP contribution in [0, 0.1) is 5.92 Å². The lowest BCUT2D eigenvalue weighted by molar-refractivity contribution is 0.521. The van der Waals surface area contributed by atoms with Gasteiger partial charge in [0.2, 0.25) is 0 Å². The number of hydrogen-bond acceptors (Lipinski definition) is 3. The fraction of sp³-hybridized carbons (Fsp3) is 0.692. The van der Waals surface area contributed by atoms with E-state index in [1.807, 2.05) is 6.07 Å². The quantitative estimate of drug-likeness (QED) is 0.783. The molecular weight excluding hydrogens is 278 g/mol. The van der Waals surface area contributed by atoms with E-state index in [-0.39, 0.29) is 0 Å². The van der Waals surface area contributed by atoms with Crippen molar-refractivity contribution in [2.24, 2.45) is 5.92 Å². The van der Waals surface area contributed by atoms with E-state index in [4.69, 9.17) is 0 Å². The molecule has 1 unspecified atom stereocenters. The molecule has 2 heterocycles. The van der Waals surface area contributed by atoms with E-state index in [9.17, 15) is 0 Å². The van der Waals surface area contributed by atoms with Crippen molar-refractivity contribution < 1.29 is 0 Å². The first kappa shape index (κ1) is 12.8. The van der Waals surface area contributed by atoms with Crippen molar-refractivity contribution in [3.63, 3.8) is 0 Å². The molecule has 0 spiro atoms. The highest BCUT2D eigenvalue weighted by molar-refractivity contribution is 9.10. The minimum Gasteiger partial charge on any atom is -0.356 e. The Morgan fingerprint density at radius 1 is 1.35 bits per heavy atom. The van der Waals surface area contributed by atoms with Gasteiger partial charge in [-0.3, -0.25) is 0 Å². The Bertz CT molecular complexity index is 381. The zero-order valence-corrected chi connectivity index (χ0v) is 12.2. The molecule has 4 heteroatoms. The molecule has 0 radical (unpaired) electrons. The topological polar surface area (TPSA) is 29.0 Å². The third-order valence-electron chi connectivity index (χ3n) is 3.38. The van der Waals surface area contributed by atoms with E-state index < -0.39 is 0 Å². The number of nitrogens with zero attached hydrogens (tertiary/aromatic N) is 3. The third kappa shape index (κ3) is 3.41. The Labute approximate surface area is 112 Å². The molecule has 0 aromatic carbocycles. The monoisotopic (exact) mass is 297 g/mol. The minimum atomic E-state index is 0.843. The number of halogens is 1. The van der Waals surface area contributed by atoms with Crippen LogP contribution in [0.15, 0.2) is 10.7 Å². The van der Waals surface area contributed by atoms with Gasteiger partial charge in [0, 0.05) is 25.6 Å². The molecule has 1 aliphatic heterocycles. The molecule has 0 saturated carbocycles. The van der Waals surface area contributed by atoms with Crippen molar-refractivity contribution in [3.8, 4) is 0 Å². The normalized spacial score (nSPS) is 21.4. The summed E-state index contributed by atoms with van der Waals surface area (Å²) in [6.45, 7) is 6.68. The van der Waals surface area contributed by atoms with Crippen LogP contribution in [0.25, 0.3) is 0 Å². The summed E-state index contributed by atoms with van der Waals surface area (Å²) in [5.41, 5.74) is 0. The number of rotatable bonds is 2. The summed E-state index contributed by atoms with van der Waals surface area (Å²) in [6.07, 6.45) is 4.76. The van der Waals surface area contributed by atoms with E-state index in [0.29, 0.717) is 0 Å². The minimum absolute atomic E-state index is 0.843. The largest absolute Gasteiger partial charge is 0.356 e. The zero-order chi connectivity index (χ0) is 12.3. The fourth-order valence-electron chi connectivity index (χ4n) is 2.26. The van der Waals surface area contributed by atoms with Crippen LogP contribution in [-0.4, -0.2) is 23.1 Å². The zero-order valence-electron chi connectivity index (χ0n) is 10.6. The lowest BCUT2D eigenvalue weighted by Crippen LogP contribution is -2.25. The summed E-state index contributed by atoms with van der Waals surface area (Å²) in [7, 11) is 0. The molecule has 1 aliphatic rings. The van der Waals surface area contributed by atoms with Crippen molar-refractivity contribution >= 4 is 21.7 Å². The van der Waals surface area contributed by atoms with Crippen molar-refractivity contribution in [3.05, 3.63) is 16.5 Å². The van der Waals surface area contributed by atoms with Gasteiger partial charge in [0.1, 0.15) is 16.2 Å². The smallest absolute Gasteiger partial charge is 0.133 e. The fourth-order valence-corrected chi connectivity index (χ4v) is 2.67. The van der Waals surface area contributed by atoms with Gasteiger partial charge in [0.15, 0.2) is 0 Å². The first-order chi connectivity index (χ1) is 8.19. The van der Waals surface area contributed by atoms with Crippen LogP contribution in [0.3, 0.4) is 0 Å². The van der Waals surface area contributed by atoms with E-state index in [1.54, 1.807) is 0 Å². The van der Waals surface area contributed by atoms with Gasteiger partial charge >= 0.3 is 0 Å². The lowest BCUT2D eigenvalue weighted by atomic mass is 10.0. The molecule has 1 aromatic heterocycles. The van der Waals surface area contributed by atoms with Gasteiger partial charge in [-0.2, -0.15) is 0 Å². The van der Waals surface area contributed by atoms with Crippen LogP contribution in [0.4, 0.5) is 5.82 Å². The predicted octanol–water partition coefficient (Wildman–Crippen LogP) is 3.43. The average Bonchev–Trinajstić information content (AvgIpc) is 2.53. The first-order valence-corrected chi connectivity index (χ1v) is 7.26. The predicted molar refractivity (Wildman–Crippen MR) is 74.3 cm³/mol. The molecule has 94 valence electrons. The van der Waals surface area contributed by atoms with Crippen molar-refractivity contribution in [2.75, 3.05) is 18.0 Å². The summed E-state index contributed by atoms with van der Waals surface area (Å²) < 4.78 is 0.900. The molecule has 1 aromatic rings. The Morgan fingerprint density at radius 3 is 2.94 bits per heavy atom. The molecule has 0 aliphatic carbocycles. The Morgan fingerprint density at radius 2 is 2.18 bits per heavy atom. The molecule has 0 amide bonds. The van der Waals surface area contributed by atoms with Gasteiger partial charge in [0.25, 0.3) is 0 Å². The molecular formula is C13H20BrN3. The average molecular weight is 298 g/mol. The maximum Gasteiger partial charge on any atom is 0.133 e. The van der Waals surface area contributed by atoms with Gasteiger partial charge in [-0.25, -0.2) is 9.97 Å². The highest BCUT2D eigenvalue weighted by atomic mass is 79.9. The third-order valence-corrected chi connectivity index (χ3v) is 3.79. The Kier molecular flexibility index (Phi) is 4.37. The molecule has 2 rings (SSSR count). The maximum absolute atomic E-state index is 4.63. The van der Waals surface area contributed by atoms with E-state index in [0.717, 1.165) is 41.7 Å². The van der Waals surface area contributed by atoms with Crippen molar-refractivity contribution in [1.29, 1.82) is 0 Å². The van der Waals surface area contributed by atoms with Gasteiger partial charge in [-0.1, -0.05) is 13.8 Å². The number of aryl methyl sites for hydroxylation is 1. The first-order valence-electron chi connectivity index (χ1n) is 6.47. The number of aromatic nitrogens is 2. The molecule has 3 nitrogen and oxygen atoms in total. The van der Waals surface area contributed by atoms with Gasteiger partial charge in [-0.05, 0) is 41.1 Å². The highest BCUT2D eigenvalue weighted by Crippen LogP contribution is 2.22. The number of hydrogen-bond donors (Lipinski definition) is 0. The summed E-state index contributed by atoms with van der Waals surface area (Å²) in [5.74, 6) is 2.85. The Hall–Kier alpha value is -0.640. The van der Waals surface area contributed by atoms with Crippen LogP contribution in [0.5, 0.6) is 0 Å². The van der Waals surface area contributed by atoms with Crippen molar-refractivity contribution in [1.82, 2.24) is 9.97 Å². The second-order valence-corrected chi connectivity index (χ2v) is 5.65. The highest BCUT2D eigenvalue weighted by Gasteiger charge is 2.16. The van der Waals surface area contributed by atoms with E-state index in [2.05, 4.69) is 44.6 Å². The van der Waals surface area contributed by atoms with E-state index >= 15 is 0 Å². The SMILES string of the molecule is CCc1nc(Br)cc(N2CCCC(C)CC2)n1. The second-order valence-electron chi connectivity index (χ2n) is 4.84. The summed E-state index contributed by atoms with van der Waals surface area (Å²) >= 11 is 3.47. The van der Waals surface area contributed by atoms with Crippen LogP contribution >= 0.6 is 15.9 Å². The molecule has 17 heavy (non-hydrogen) atoms.